The summed E-state index contributed by atoms with van der Waals surface area (Å²) in [5.74, 6) is -2.03. The maximum atomic E-state index is 12.4. The zero-order chi connectivity index (χ0) is 16.8. The van der Waals surface area contributed by atoms with Gasteiger partial charge < -0.3 is 14.8 Å². The van der Waals surface area contributed by atoms with Gasteiger partial charge in [-0.15, -0.1) is 0 Å². The van der Waals surface area contributed by atoms with E-state index in [1.807, 2.05) is 6.07 Å². The summed E-state index contributed by atoms with van der Waals surface area (Å²) < 4.78 is 10.5. The summed E-state index contributed by atoms with van der Waals surface area (Å²) in [6.45, 7) is -0.361. The average Bonchev–Trinajstić information content (AvgIpc) is 3.18. The Labute approximate surface area is 147 Å². The molecule has 0 spiro atoms. The normalized spacial score (nSPS) is 35.6. The summed E-state index contributed by atoms with van der Waals surface area (Å²) in [6, 6.07) is 8.94. The summed E-state index contributed by atoms with van der Waals surface area (Å²) in [5, 5.41) is 2.66. The van der Waals surface area contributed by atoms with Crippen molar-refractivity contribution in [1.82, 2.24) is 0 Å². The van der Waals surface area contributed by atoms with Crippen molar-refractivity contribution in [3.8, 4) is 0 Å². The molecule has 3 fully saturated rings. The van der Waals surface area contributed by atoms with Crippen molar-refractivity contribution in [3.63, 3.8) is 0 Å². The van der Waals surface area contributed by atoms with Crippen LogP contribution < -0.4 is 5.32 Å². The van der Waals surface area contributed by atoms with E-state index in [2.05, 4.69) is 21.2 Å². The molecular weight excluding hydrogens is 378 g/mol. The minimum absolute atomic E-state index is 0.0131. The SMILES string of the molecule is O=C(COC(=O)[C@@H]1[C@H]2C[C@H]3[C@H](OC(=O)[C@H]31)[C@@H]2Br)Nc1ccccc1. The number of ether oxygens (including phenoxy) is 2. The van der Waals surface area contributed by atoms with Gasteiger partial charge in [-0.2, -0.15) is 0 Å². The summed E-state index contributed by atoms with van der Waals surface area (Å²) in [4.78, 5) is 36.3. The highest BCUT2D eigenvalue weighted by Crippen LogP contribution is 2.60. The number of hydrogen-bond acceptors (Lipinski definition) is 5. The lowest BCUT2D eigenvalue weighted by molar-refractivity contribution is -0.157. The van der Waals surface area contributed by atoms with E-state index < -0.39 is 23.7 Å². The van der Waals surface area contributed by atoms with Crippen LogP contribution in [0, 0.1) is 23.7 Å². The number of benzene rings is 1. The Bertz CT molecular complexity index is 693. The van der Waals surface area contributed by atoms with Crippen LogP contribution in [0.2, 0.25) is 0 Å². The van der Waals surface area contributed by atoms with Crippen LogP contribution in [0.5, 0.6) is 0 Å². The second-order valence-electron chi connectivity index (χ2n) is 6.48. The maximum absolute atomic E-state index is 12.4. The molecule has 1 aromatic rings. The molecule has 4 rings (SSSR count). The van der Waals surface area contributed by atoms with Gasteiger partial charge in [0, 0.05) is 11.6 Å². The third-order valence-corrected chi connectivity index (χ3v) is 6.40. The van der Waals surface area contributed by atoms with Gasteiger partial charge in [-0.25, -0.2) is 0 Å². The maximum Gasteiger partial charge on any atom is 0.310 e. The van der Waals surface area contributed by atoms with Crippen LogP contribution in [0.15, 0.2) is 30.3 Å². The smallest absolute Gasteiger partial charge is 0.310 e. The number of halogens is 1. The first-order valence-electron chi connectivity index (χ1n) is 7.92. The van der Waals surface area contributed by atoms with E-state index in [4.69, 9.17) is 9.47 Å². The van der Waals surface area contributed by atoms with Gasteiger partial charge in [-0.3, -0.25) is 14.4 Å². The molecule has 6 nitrogen and oxygen atoms in total. The van der Waals surface area contributed by atoms with Gasteiger partial charge in [0.2, 0.25) is 0 Å². The number of carbonyl (C=O) groups is 3. The summed E-state index contributed by atoms with van der Waals surface area (Å²) in [5.41, 5.74) is 0.640. The predicted octanol–water partition coefficient (Wildman–Crippen LogP) is 1.74. The van der Waals surface area contributed by atoms with Crippen LogP contribution in [0.1, 0.15) is 6.42 Å². The number of rotatable bonds is 4. The Hall–Kier alpha value is -1.89. The van der Waals surface area contributed by atoms with Gasteiger partial charge in [-0.1, -0.05) is 34.1 Å². The van der Waals surface area contributed by atoms with Crippen molar-refractivity contribution < 1.29 is 23.9 Å². The van der Waals surface area contributed by atoms with Gasteiger partial charge in [-0.05, 0) is 24.5 Å². The third kappa shape index (κ3) is 2.42. The molecule has 2 saturated carbocycles. The van der Waals surface area contributed by atoms with Crippen molar-refractivity contribution in [2.45, 2.75) is 17.4 Å². The molecule has 7 heteroatoms. The van der Waals surface area contributed by atoms with E-state index in [1.165, 1.54) is 0 Å². The number of hydrogen-bond donors (Lipinski definition) is 1. The molecule has 1 aromatic carbocycles. The Balaban J connectivity index is 1.37. The fraction of sp³-hybridized carbons (Fsp3) is 0.471. The number of nitrogens with one attached hydrogen (secondary N) is 1. The molecule has 1 amide bonds. The lowest BCUT2D eigenvalue weighted by Crippen LogP contribution is -2.39. The van der Waals surface area contributed by atoms with Gasteiger partial charge in [0.25, 0.3) is 5.91 Å². The molecule has 1 N–H and O–H groups in total. The largest absolute Gasteiger partial charge is 0.461 e. The van der Waals surface area contributed by atoms with Gasteiger partial charge in [0.15, 0.2) is 6.61 Å². The molecule has 1 aliphatic heterocycles. The van der Waals surface area contributed by atoms with Crippen molar-refractivity contribution >= 4 is 39.5 Å². The van der Waals surface area contributed by atoms with Crippen LogP contribution in [0.4, 0.5) is 5.69 Å². The van der Waals surface area contributed by atoms with Crippen molar-refractivity contribution in [3.05, 3.63) is 30.3 Å². The molecule has 1 heterocycles. The van der Waals surface area contributed by atoms with Gasteiger partial charge in [0.05, 0.1) is 16.7 Å². The number of esters is 2. The predicted molar refractivity (Wildman–Crippen MR) is 87.2 cm³/mol. The molecule has 2 bridgehead atoms. The van der Waals surface area contributed by atoms with E-state index in [-0.39, 0.29) is 35.3 Å². The lowest BCUT2D eigenvalue weighted by Gasteiger charge is -2.26. The van der Waals surface area contributed by atoms with E-state index in [1.54, 1.807) is 24.3 Å². The zero-order valence-corrected chi connectivity index (χ0v) is 14.3. The van der Waals surface area contributed by atoms with Gasteiger partial charge in [0.1, 0.15) is 6.10 Å². The monoisotopic (exact) mass is 393 g/mol. The van der Waals surface area contributed by atoms with Crippen molar-refractivity contribution in [1.29, 1.82) is 0 Å². The molecule has 0 unspecified atom stereocenters. The van der Waals surface area contributed by atoms with Crippen LogP contribution in [0.3, 0.4) is 0 Å². The Kier molecular flexibility index (Phi) is 3.83. The minimum Gasteiger partial charge on any atom is -0.461 e. The van der Waals surface area contributed by atoms with E-state index in [9.17, 15) is 14.4 Å². The van der Waals surface area contributed by atoms with Crippen LogP contribution in [-0.2, 0) is 23.9 Å². The topological polar surface area (TPSA) is 81.7 Å². The van der Waals surface area contributed by atoms with Gasteiger partial charge >= 0.3 is 11.9 Å². The molecule has 126 valence electrons. The number of fused-ring (bicyclic) bond motifs is 1. The van der Waals surface area contributed by atoms with Crippen LogP contribution in [-0.4, -0.2) is 35.4 Å². The van der Waals surface area contributed by atoms with E-state index in [0.29, 0.717) is 5.69 Å². The fourth-order valence-electron chi connectivity index (χ4n) is 4.25. The van der Waals surface area contributed by atoms with Crippen LogP contribution >= 0.6 is 15.9 Å². The molecule has 6 atom stereocenters. The molecule has 0 radical (unpaired) electrons. The van der Waals surface area contributed by atoms with Crippen molar-refractivity contribution in [2.75, 3.05) is 11.9 Å². The first-order valence-corrected chi connectivity index (χ1v) is 8.84. The number of anilines is 1. The molecule has 0 aromatic heterocycles. The fourth-order valence-corrected chi connectivity index (χ4v) is 5.29. The Morgan fingerprint density at radius 3 is 2.75 bits per heavy atom. The molecule has 1 saturated heterocycles. The summed E-state index contributed by atoms with van der Waals surface area (Å²) >= 11 is 3.54. The first kappa shape index (κ1) is 15.6. The first-order chi connectivity index (χ1) is 11.6. The third-order valence-electron chi connectivity index (χ3n) is 5.20. The second-order valence-corrected chi connectivity index (χ2v) is 7.54. The molecule has 24 heavy (non-hydrogen) atoms. The van der Waals surface area contributed by atoms with Crippen molar-refractivity contribution in [2.24, 2.45) is 23.7 Å². The number of alkyl halides is 1. The average molecular weight is 394 g/mol. The highest BCUT2D eigenvalue weighted by Gasteiger charge is 2.68. The molecule has 3 aliphatic rings. The number of para-hydroxylation sites is 1. The quantitative estimate of drug-likeness (QED) is 0.622. The zero-order valence-electron chi connectivity index (χ0n) is 12.7. The second kappa shape index (κ2) is 5.88. The molecule has 2 aliphatic carbocycles. The Morgan fingerprint density at radius 1 is 1.25 bits per heavy atom. The van der Waals surface area contributed by atoms with E-state index >= 15 is 0 Å². The van der Waals surface area contributed by atoms with Crippen LogP contribution in [0.25, 0.3) is 0 Å². The standard InChI is InChI=1S/C17H16BrNO5/c18-14-9-6-10-13(17(22)24-15(10)14)12(9)16(21)23-7-11(20)19-8-4-2-1-3-5-8/h1-5,9-10,12-15H,6-7H2,(H,19,20)/t9-,10-,12-,13-,14-,15+/m1/s1. The number of amides is 1. The number of carbonyl (C=O) groups excluding carboxylic acids is 3. The van der Waals surface area contributed by atoms with E-state index in [0.717, 1.165) is 6.42 Å². The summed E-state index contributed by atoms with van der Waals surface area (Å²) in [7, 11) is 0. The highest BCUT2D eigenvalue weighted by atomic mass is 79.9. The summed E-state index contributed by atoms with van der Waals surface area (Å²) in [6.07, 6.45) is 0.658. The minimum atomic E-state index is -0.518. The lowest BCUT2D eigenvalue weighted by atomic mass is 9.80. The highest BCUT2D eigenvalue weighted by molar-refractivity contribution is 9.09. The molecular formula is C17H16BrNO5. The Morgan fingerprint density at radius 2 is 2.00 bits per heavy atom.